The van der Waals surface area contributed by atoms with Crippen molar-refractivity contribution in [3.8, 4) is 0 Å². The lowest BCUT2D eigenvalue weighted by Crippen LogP contribution is -2.61. The van der Waals surface area contributed by atoms with E-state index in [0.717, 1.165) is 109 Å². The van der Waals surface area contributed by atoms with E-state index < -0.39 is 67.3 Å². The van der Waals surface area contributed by atoms with Crippen molar-refractivity contribution < 1.29 is 58.2 Å². The Kier molecular flexibility index (Phi) is 47.8. The molecule has 0 aromatic rings. The first-order valence-corrected chi connectivity index (χ1v) is 30.6. The van der Waals surface area contributed by atoms with E-state index in [1.807, 2.05) is 0 Å². The van der Waals surface area contributed by atoms with Gasteiger partial charge in [0.05, 0.1) is 6.61 Å². The number of esters is 3. The second-order valence-electron chi connectivity index (χ2n) is 21.0. The van der Waals surface area contributed by atoms with Crippen LogP contribution in [0, 0.1) is 0 Å². The van der Waals surface area contributed by atoms with Crippen LogP contribution in [0.15, 0.2) is 48.6 Å². The first-order chi connectivity index (χ1) is 36.6. The number of carboxylic acid groups (broad SMARTS) is 1. The molecule has 0 radical (unpaired) electrons. The molecule has 1 saturated heterocycles. The lowest BCUT2D eigenvalue weighted by molar-refractivity contribution is -0.301. The highest BCUT2D eigenvalue weighted by atomic mass is 16.7. The largest absolute Gasteiger partial charge is 0.479 e. The van der Waals surface area contributed by atoms with Gasteiger partial charge in [-0.15, -0.1) is 0 Å². The van der Waals surface area contributed by atoms with Crippen molar-refractivity contribution in [3.05, 3.63) is 48.6 Å². The Morgan fingerprint density at radius 1 is 0.453 bits per heavy atom. The number of aliphatic hydroxyl groups excluding tert-OH is 2. The predicted molar refractivity (Wildman–Crippen MR) is 303 cm³/mol. The molecule has 0 bridgehead atoms. The van der Waals surface area contributed by atoms with E-state index in [4.69, 9.17) is 23.7 Å². The van der Waals surface area contributed by atoms with Gasteiger partial charge in [-0.3, -0.25) is 14.4 Å². The van der Waals surface area contributed by atoms with Gasteiger partial charge in [0.25, 0.3) is 0 Å². The molecule has 0 amide bonds. The molecule has 434 valence electrons. The van der Waals surface area contributed by atoms with Crippen LogP contribution in [0.5, 0.6) is 0 Å². The number of carbonyl (C=O) groups is 4. The maximum absolute atomic E-state index is 13.2. The molecule has 3 N–H and O–H groups in total. The zero-order valence-corrected chi connectivity index (χ0v) is 47.8. The summed E-state index contributed by atoms with van der Waals surface area (Å²) in [5.41, 5.74) is 0. The minimum Gasteiger partial charge on any atom is -0.479 e. The standard InChI is InChI=1S/C63H110O12/c1-4-7-10-13-16-19-22-24-26-28-30-32-35-37-40-43-46-49-55(64)71-52-54(73-56(65)50-47-44-41-39-36-33-31-29-27-25-23-20-17-14-11-8-5-2)53-72-63-61(59(68)58(67)60(75-63)62(69)70)74-57(66)51-48-45-42-38-34-21-18-15-12-9-6-3/h7,10,16,19,24-27,54,58-61,63,67-68H,4-6,8-9,11-15,17-18,20-23,28-53H2,1-3H3,(H,69,70)/b10-7-,19-16-,26-24-,27-25-. The number of carbonyl (C=O) groups excluding carboxylic acids is 3. The average molecular weight is 1060 g/mol. The number of carboxylic acids is 1. The minimum atomic E-state index is -1.90. The first-order valence-electron chi connectivity index (χ1n) is 30.6. The maximum Gasteiger partial charge on any atom is 0.335 e. The van der Waals surface area contributed by atoms with Crippen LogP contribution >= 0.6 is 0 Å². The molecule has 1 rings (SSSR count). The van der Waals surface area contributed by atoms with Crippen molar-refractivity contribution in [1.29, 1.82) is 0 Å². The van der Waals surface area contributed by atoms with E-state index in [9.17, 15) is 34.5 Å². The molecule has 1 aliphatic heterocycles. The molecule has 75 heavy (non-hydrogen) atoms. The topological polar surface area (TPSA) is 175 Å². The van der Waals surface area contributed by atoms with Crippen molar-refractivity contribution in [2.24, 2.45) is 0 Å². The van der Waals surface area contributed by atoms with Gasteiger partial charge in [-0.05, 0) is 77.0 Å². The highest BCUT2D eigenvalue weighted by Gasteiger charge is 2.50. The summed E-state index contributed by atoms with van der Waals surface area (Å²) in [5.74, 6) is -3.12. The normalized spacial score (nSPS) is 18.4. The Morgan fingerprint density at radius 2 is 0.840 bits per heavy atom. The van der Waals surface area contributed by atoms with Crippen LogP contribution in [0.1, 0.15) is 278 Å². The Balaban J connectivity index is 2.67. The molecule has 6 unspecified atom stereocenters. The van der Waals surface area contributed by atoms with Crippen molar-refractivity contribution in [1.82, 2.24) is 0 Å². The molecule has 12 heteroatoms. The summed E-state index contributed by atoms with van der Waals surface area (Å²) < 4.78 is 28.4. The third-order valence-corrected chi connectivity index (χ3v) is 13.9. The molecular weight excluding hydrogens is 949 g/mol. The third kappa shape index (κ3) is 41.5. The Morgan fingerprint density at radius 3 is 1.29 bits per heavy atom. The van der Waals surface area contributed by atoms with Gasteiger partial charge in [0, 0.05) is 19.3 Å². The molecule has 0 saturated carbocycles. The lowest BCUT2D eigenvalue weighted by atomic mass is 9.98. The minimum absolute atomic E-state index is 0.0623. The van der Waals surface area contributed by atoms with E-state index in [1.54, 1.807) is 0 Å². The second-order valence-corrected chi connectivity index (χ2v) is 21.0. The zero-order chi connectivity index (χ0) is 54.7. The van der Waals surface area contributed by atoms with Crippen LogP contribution < -0.4 is 0 Å². The van der Waals surface area contributed by atoms with Gasteiger partial charge in [-0.25, -0.2) is 4.79 Å². The molecule has 1 fully saturated rings. The number of allylic oxidation sites excluding steroid dienone is 8. The summed E-state index contributed by atoms with van der Waals surface area (Å²) in [7, 11) is 0. The van der Waals surface area contributed by atoms with Gasteiger partial charge in [-0.1, -0.05) is 230 Å². The fourth-order valence-electron chi connectivity index (χ4n) is 9.20. The summed E-state index contributed by atoms with van der Waals surface area (Å²) in [6.07, 6.45) is 49.4. The number of hydrogen-bond acceptors (Lipinski definition) is 11. The third-order valence-electron chi connectivity index (χ3n) is 13.9. The van der Waals surface area contributed by atoms with E-state index in [1.165, 1.54) is 109 Å². The number of hydrogen-bond donors (Lipinski definition) is 3. The van der Waals surface area contributed by atoms with E-state index in [2.05, 4.69) is 69.4 Å². The molecule has 0 aromatic carbocycles. The maximum atomic E-state index is 13.2. The molecule has 0 aromatic heterocycles. The SMILES string of the molecule is CC/C=C\C/C=C\C/C=C\CCCCCCCCCC(=O)OCC(COC1OC(C(=O)O)C(O)C(O)C1OC(=O)CCCCCCCCCCCCC)OC(=O)CCCCCCCCC/C=C\CCCCCCCC. The fraction of sp³-hybridized carbons (Fsp3) is 0.810. The summed E-state index contributed by atoms with van der Waals surface area (Å²) in [5, 5.41) is 31.5. The fourth-order valence-corrected chi connectivity index (χ4v) is 9.20. The molecule has 6 atom stereocenters. The zero-order valence-electron chi connectivity index (χ0n) is 47.8. The van der Waals surface area contributed by atoms with E-state index in [-0.39, 0.29) is 25.9 Å². The number of rotatable bonds is 52. The highest BCUT2D eigenvalue weighted by molar-refractivity contribution is 5.74. The lowest BCUT2D eigenvalue weighted by Gasteiger charge is -2.40. The van der Waals surface area contributed by atoms with Gasteiger partial charge in [0.15, 0.2) is 24.6 Å². The Bertz CT molecular complexity index is 1490. The molecular formula is C63H110O12. The summed E-state index contributed by atoms with van der Waals surface area (Å²) in [6, 6.07) is 0. The number of ether oxygens (including phenoxy) is 5. The van der Waals surface area contributed by atoms with Crippen molar-refractivity contribution in [2.45, 2.75) is 314 Å². The molecule has 1 aliphatic rings. The summed E-state index contributed by atoms with van der Waals surface area (Å²) in [4.78, 5) is 51.1. The van der Waals surface area contributed by atoms with E-state index >= 15 is 0 Å². The highest BCUT2D eigenvalue weighted by Crippen LogP contribution is 2.27. The number of aliphatic carboxylic acids is 1. The molecule has 0 spiro atoms. The van der Waals surface area contributed by atoms with Gasteiger partial charge < -0.3 is 39.0 Å². The summed E-state index contributed by atoms with van der Waals surface area (Å²) in [6.45, 7) is 5.87. The van der Waals surface area contributed by atoms with Crippen LogP contribution in [0.4, 0.5) is 0 Å². The van der Waals surface area contributed by atoms with Gasteiger partial charge in [-0.2, -0.15) is 0 Å². The first kappa shape index (κ1) is 69.7. The van der Waals surface area contributed by atoms with Crippen molar-refractivity contribution in [2.75, 3.05) is 13.2 Å². The van der Waals surface area contributed by atoms with Crippen LogP contribution in [0.2, 0.25) is 0 Å². The van der Waals surface area contributed by atoms with Crippen molar-refractivity contribution in [3.63, 3.8) is 0 Å². The summed E-state index contributed by atoms with van der Waals surface area (Å²) >= 11 is 0. The van der Waals surface area contributed by atoms with Crippen LogP contribution in [-0.4, -0.2) is 89.2 Å². The predicted octanol–water partition coefficient (Wildman–Crippen LogP) is 15.8. The van der Waals surface area contributed by atoms with Gasteiger partial charge in [0.2, 0.25) is 0 Å². The van der Waals surface area contributed by atoms with E-state index in [0.29, 0.717) is 19.3 Å². The average Bonchev–Trinajstić information content (AvgIpc) is 3.39. The van der Waals surface area contributed by atoms with Crippen LogP contribution in [0.3, 0.4) is 0 Å². The smallest absolute Gasteiger partial charge is 0.335 e. The monoisotopic (exact) mass is 1060 g/mol. The molecule has 1 heterocycles. The number of aliphatic hydroxyl groups is 2. The molecule has 0 aliphatic carbocycles. The van der Waals surface area contributed by atoms with Crippen LogP contribution in [-0.2, 0) is 42.9 Å². The second kappa shape index (κ2) is 51.4. The quantitative estimate of drug-likeness (QED) is 0.0228. The molecule has 12 nitrogen and oxygen atoms in total. The van der Waals surface area contributed by atoms with Crippen molar-refractivity contribution >= 4 is 23.9 Å². The number of unbranched alkanes of at least 4 members (excludes halogenated alkanes) is 30. The Hall–Kier alpha value is -3.32. The van der Waals surface area contributed by atoms with Gasteiger partial charge >= 0.3 is 23.9 Å². The van der Waals surface area contributed by atoms with Gasteiger partial charge in [0.1, 0.15) is 18.8 Å². The Labute approximate surface area is 456 Å². The van der Waals surface area contributed by atoms with Crippen LogP contribution in [0.25, 0.3) is 0 Å².